The molecule has 0 saturated carbocycles. The van der Waals surface area contributed by atoms with Gasteiger partial charge in [0.1, 0.15) is 5.78 Å². The molecule has 96 valence electrons. The van der Waals surface area contributed by atoms with Gasteiger partial charge in [-0.1, -0.05) is 43.4 Å². The molecular formula is C16H26O. The van der Waals surface area contributed by atoms with Crippen LogP contribution >= 0.6 is 0 Å². The van der Waals surface area contributed by atoms with E-state index >= 15 is 0 Å². The van der Waals surface area contributed by atoms with Crippen molar-refractivity contribution >= 4 is 5.78 Å². The van der Waals surface area contributed by atoms with E-state index < -0.39 is 0 Å². The summed E-state index contributed by atoms with van der Waals surface area (Å²) >= 11 is 0. The number of carbonyl (C=O) groups is 1. The van der Waals surface area contributed by atoms with Gasteiger partial charge in [-0.05, 0) is 39.0 Å². The zero-order chi connectivity index (χ0) is 12.8. The molecule has 0 aliphatic carbocycles. The summed E-state index contributed by atoms with van der Waals surface area (Å²) in [5, 5.41) is 0. The van der Waals surface area contributed by atoms with Crippen molar-refractivity contribution in [2.75, 3.05) is 0 Å². The van der Waals surface area contributed by atoms with Crippen LogP contribution in [0.25, 0.3) is 0 Å². The lowest BCUT2D eigenvalue weighted by Gasteiger charge is -1.92. The molecule has 0 saturated heterocycles. The third-order valence-electron chi connectivity index (χ3n) is 2.55. The molecule has 0 aromatic heterocycles. The van der Waals surface area contributed by atoms with Gasteiger partial charge >= 0.3 is 0 Å². The number of hydrogen-bond acceptors (Lipinski definition) is 1. The molecule has 0 spiro atoms. The van der Waals surface area contributed by atoms with Crippen LogP contribution in [0, 0.1) is 0 Å². The van der Waals surface area contributed by atoms with Gasteiger partial charge in [0.15, 0.2) is 0 Å². The van der Waals surface area contributed by atoms with Gasteiger partial charge in [0.25, 0.3) is 0 Å². The summed E-state index contributed by atoms with van der Waals surface area (Å²) in [6.45, 7) is 3.97. The van der Waals surface area contributed by atoms with E-state index in [2.05, 4.69) is 43.4 Å². The van der Waals surface area contributed by atoms with Gasteiger partial charge in [-0.15, -0.1) is 0 Å². The van der Waals surface area contributed by atoms with Gasteiger partial charge in [-0.3, -0.25) is 4.79 Å². The lowest BCUT2D eigenvalue weighted by atomic mass is 10.1. The maximum absolute atomic E-state index is 11.0. The number of carbonyl (C=O) groups excluding carboxylic acids is 1. The third-order valence-corrected chi connectivity index (χ3v) is 2.55. The van der Waals surface area contributed by atoms with Crippen molar-refractivity contribution in [2.24, 2.45) is 0 Å². The van der Waals surface area contributed by atoms with Crippen LogP contribution in [0.1, 0.15) is 58.8 Å². The van der Waals surface area contributed by atoms with E-state index in [-0.39, 0.29) is 0 Å². The fourth-order valence-electron chi connectivity index (χ4n) is 1.44. The summed E-state index contributed by atoms with van der Waals surface area (Å²) in [5.41, 5.74) is 0. The third kappa shape index (κ3) is 12.8. The molecule has 0 rings (SSSR count). The molecule has 0 aromatic carbocycles. The second-order valence-electron chi connectivity index (χ2n) is 4.10. The summed E-state index contributed by atoms with van der Waals surface area (Å²) in [7, 11) is 0. The van der Waals surface area contributed by atoms with Gasteiger partial charge < -0.3 is 0 Å². The molecule has 0 aromatic rings. The number of rotatable bonds is 10. The van der Waals surface area contributed by atoms with E-state index in [0.717, 1.165) is 32.1 Å². The second kappa shape index (κ2) is 13.0. The minimum atomic E-state index is 0.360. The Balaban J connectivity index is 3.32. The van der Waals surface area contributed by atoms with Crippen LogP contribution in [0.15, 0.2) is 36.5 Å². The van der Waals surface area contributed by atoms with Crippen molar-refractivity contribution < 1.29 is 4.79 Å². The fourth-order valence-corrected chi connectivity index (χ4v) is 1.44. The Morgan fingerprint density at radius 1 is 0.824 bits per heavy atom. The Bertz CT molecular complexity index is 259. The molecule has 0 heterocycles. The van der Waals surface area contributed by atoms with Crippen molar-refractivity contribution in [1.29, 1.82) is 0 Å². The van der Waals surface area contributed by atoms with E-state index in [1.165, 1.54) is 0 Å². The van der Waals surface area contributed by atoms with Crippen molar-refractivity contribution in [3.8, 4) is 0 Å². The average molecular weight is 234 g/mol. The molecule has 1 heteroatoms. The number of unbranched alkanes of at least 4 members (excludes halogenated alkanes) is 2. The standard InChI is InChI=1S/C16H26O/c1-3-5-6-7-8-9-10-11-12-13-14-15-16(17)4-2/h3,5,8-9,12-13H,4,6-7,10-11,14-15H2,1-2H3. The largest absolute Gasteiger partial charge is 0.300 e. The molecule has 17 heavy (non-hydrogen) atoms. The monoisotopic (exact) mass is 234 g/mol. The summed E-state index contributed by atoms with van der Waals surface area (Å²) in [6, 6.07) is 0. The molecular weight excluding hydrogens is 208 g/mol. The topological polar surface area (TPSA) is 17.1 Å². The van der Waals surface area contributed by atoms with Crippen LogP contribution < -0.4 is 0 Å². The highest BCUT2D eigenvalue weighted by atomic mass is 16.1. The van der Waals surface area contributed by atoms with Crippen LogP contribution in [0.3, 0.4) is 0 Å². The number of Topliss-reactive ketones (excluding diaryl/α,β-unsaturated/α-hetero) is 1. The summed E-state index contributed by atoms with van der Waals surface area (Å²) in [5.74, 6) is 0.360. The Morgan fingerprint density at radius 3 is 1.76 bits per heavy atom. The van der Waals surface area contributed by atoms with Crippen LogP contribution in [0.4, 0.5) is 0 Å². The molecule has 0 amide bonds. The Morgan fingerprint density at radius 2 is 1.29 bits per heavy atom. The van der Waals surface area contributed by atoms with Gasteiger partial charge in [-0.25, -0.2) is 0 Å². The molecule has 0 radical (unpaired) electrons. The van der Waals surface area contributed by atoms with Crippen LogP contribution in [-0.4, -0.2) is 5.78 Å². The zero-order valence-electron chi connectivity index (χ0n) is 11.3. The lowest BCUT2D eigenvalue weighted by molar-refractivity contribution is -0.118. The number of hydrogen-bond donors (Lipinski definition) is 0. The first kappa shape index (κ1) is 15.9. The zero-order valence-corrected chi connectivity index (χ0v) is 11.3. The van der Waals surface area contributed by atoms with Crippen molar-refractivity contribution in [1.82, 2.24) is 0 Å². The quantitative estimate of drug-likeness (QED) is 0.384. The van der Waals surface area contributed by atoms with E-state index in [0.29, 0.717) is 18.6 Å². The summed E-state index contributed by atoms with van der Waals surface area (Å²) in [6.07, 6.45) is 19.8. The summed E-state index contributed by atoms with van der Waals surface area (Å²) < 4.78 is 0. The molecule has 0 bridgehead atoms. The van der Waals surface area contributed by atoms with E-state index in [1.54, 1.807) is 0 Å². The second-order valence-corrected chi connectivity index (χ2v) is 4.10. The van der Waals surface area contributed by atoms with Crippen molar-refractivity contribution in [3.05, 3.63) is 36.5 Å². The molecule has 0 atom stereocenters. The van der Waals surface area contributed by atoms with Crippen molar-refractivity contribution in [3.63, 3.8) is 0 Å². The minimum Gasteiger partial charge on any atom is -0.300 e. The highest BCUT2D eigenvalue weighted by molar-refractivity contribution is 5.78. The molecule has 0 N–H and O–H groups in total. The maximum atomic E-state index is 11.0. The van der Waals surface area contributed by atoms with Gasteiger partial charge in [0, 0.05) is 12.8 Å². The Hall–Kier alpha value is -1.11. The molecule has 0 unspecified atom stereocenters. The first-order valence-electron chi connectivity index (χ1n) is 6.74. The normalized spacial score (nSPS) is 12.1. The Kier molecular flexibility index (Phi) is 12.1. The number of allylic oxidation sites excluding steroid dienone is 6. The van der Waals surface area contributed by atoms with E-state index in [1.807, 2.05) is 6.92 Å². The SMILES string of the molecule is CC=CCCC=CCCC=CCCC(=O)CC. The molecule has 1 nitrogen and oxygen atoms in total. The van der Waals surface area contributed by atoms with Gasteiger partial charge in [-0.2, -0.15) is 0 Å². The van der Waals surface area contributed by atoms with Crippen LogP contribution in [-0.2, 0) is 4.79 Å². The summed E-state index contributed by atoms with van der Waals surface area (Å²) in [4.78, 5) is 11.0. The van der Waals surface area contributed by atoms with Gasteiger partial charge in [0.2, 0.25) is 0 Å². The minimum absolute atomic E-state index is 0.360. The van der Waals surface area contributed by atoms with Crippen molar-refractivity contribution in [2.45, 2.75) is 58.8 Å². The number of ketones is 1. The van der Waals surface area contributed by atoms with Crippen LogP contribution in [0.5, 0.6) is 0 Å². The first-order valence-corrected chi connectivity index (χ1v) is 6.74. The highest BCUT2D eigenvalue weighted by Crippen LogP contribution is 2.00. The first-order chi connectivity index (χ1) is 8.31. The van der Waals surface area contributed by atoms with Crippen LogP contribution in [0.2, 0.25) is 0 Å². The van der Waals surface area contributed by atoms with E-state index in [4.69, 9.17) is 0 Å². The fraction of sp³-hybridized carbons (Fsp3) is 0.562. The molecule has 0 aliphatic rings. The average Bonchev–Trinajstić information content (AvgIpc) is 2.35. The predicted octanol–water partition coefficient (Wildman–Crippen LogP) is 4.99. The lowest BCUT2D eigenvalue weighted by Crippen LogP contribution is -1.92. The smallest absolute Gasteiger partial charge is 0.132 e. The predicted molar refractivity (Wildman–Crippen MR) is 76.1 cm³/mol. The van der Waals surface area contributed by atoms with Gasteiger partial charge in [0.05, 0.1) is 0 Å². The van der Waals surface area contributed by atoms with E-state index in [9.17, 15) is 4.79 Å². The Labute approximate surface area is 106 Å². The maximum Gasteiger partial charge on any atom is 0.132 e. The highest BCUT2D eigenvalue weighted by Gasteiger charge is 1.93. The molecule has 0 fully saturated rings. The molecule has 0 aliphatic heterocycles.